The fourth-order valence-corrected chi connectivity index (χ4v) is 1.29. The predicted octanol–water partition coefficient (Wildman–Crippen LogP) is 2.86. The molecule has 1 aromatic rings. The second-order valence-corrected chi connectivity index (χ2v) is 4.79. The van der Waals surface area contributed by atoms with Gasteiger partial charge >= 0.3 is 0 Å². The maximum Gasteiger partial charge on any atom is 0.0210 e. The fourth-order valence-electron chi connectivity index (χ4n) is 1.03. The Morgan fingerprint density at radius 3 is 2.54 bits per heavy atom. The standard InChI is InChI=1S/C11H17NS/c1-11(2,3)12-8-9-5-4-6-10(13)7-9/h4-7,12-13H,8H2,1-3H3. The van der Waals surface area contributed by atoms with E-state index in [2.05, 4.69) is 50.8 Å². The lowest BCUT2D eigenvalue weighted by molar-refractivity contribution is 0.424. The highest BCUT2D eigenvalue weighted by atomic mass is 32.1. The maximum atomic E-state index is 4.29. The van der Waals surface area contributed by atoms with Gasteiger partial charge in [0, 0.05) is 17.0 Å². The van der Waals surface area contributed by atoms with Gasteiger partial charge in [-0.15, -0.1) is 12.6 Å². The Labute approximate surface area is 86.0 Å². The molecule has 0 heterocycles. The van der Waals surface area contributed by atoms with Gasteiger partial charge in [0.2, 0.25) is 0 Å². The van der Waals surface area contributed by atoms with Gasteiger partial charge in [0.1, 0.15) is 0 Å². The molecule has 0 atom stereocenters. The van der Waals surface area contributed by atoms with E-state index in [9.17, 15) is 0 Å². The normalized spacial score (nSPS) is 11.7. The lowest BCUT2D eigenvalue weighted by atomic mass is 10.1. The van der Waals surface area contributed by atoms with Gasteiger partial charge in [-0.3, -0.25) is 0 Å². The Hall–Kier alpha value is -0.470. The SMILES string of the molecule is CC(C)(C)NCc1cccc(S)c1. The molecule has 0 unspecified atom stereocenters. The van der Waals surface area contributed by atoms with Gasteiger partial charge in [-0.25, -0.2) is 0 Å². The molecule has 0 spiro atoms. The summed E-state index contributed by atoms with van der Waals surface area (Å²) >= 11 is 4.29. The van der Waals surface area contributed by atoms with E-state index in [0.717, 1.165) is 11.4 Å². The van der Waals surface area contributed by atoms with Crippen LogP contribution in [0.1, 0.15) is 26.3 Å². The summed E-state index contributed by atoms with van der Waals surface area (Å²) in [4.78, 5) is 1.02. The molecule has 0 aliphatic rings. The third-order valence-electron chi connectivity index (χ3n) is 1.73. The quantitative estimate of drug-likeness (QED) is 0.692. The van der Waals surface area contributed by atoms with Crippen LogP contribution in [0.15, 0.2) is 29.2 Å². The van der Waals surface area contributed by atoms with Crippen molar-refractivity contribution < 1.29 is 0 Å². The summed E-state index contributed by atoms with van der Waals surface area (Å²) in [6, 6.07) is 8.21. The van der Waals surface area contributed by atoms with Crippen LogP contribution in [0.3, 0.4) is 0 Å². The molecule has 0 fully saturated rings. The summed E-state index contributed by atoms with van der Waals surface area (Å²) in [7, 11) is 0. The summed E-state index contributed by atoms with van der Waals surface area (Å²) in [5.41, 5.74) is 1.45. The van der Waals surface area contributed by atoms with Gasteiger partial charge in [-0.05, 0) is 38.5 Å². The maximum absolute atomic E-state index is 4.29. The first-order valence-corrected chi connectivity index (χ1v) is 4.95. The third kappa shape index (κ3) is 4.34. The van der Waals surface area contributed by atoms with Crippen molar-refractivity contribution in [2.24, 2.45) is 0 Å². The Morgan fingerprint density at radius 2 is 2.00 bits per heavy atom. The zero-order chi connectivity index (χ0) is 9.90. The number of hydrogen-bond acceptors (Lipinski definition) is 2. The van der Waals surface area contributed by atoms with Gasteiger partial charge in [-0.2, -0.15) is 0 Å². The van der Waals surface area contributed by atoms with Crippen molar-refractivity contribution >= 4 is 12.6 Å². The minimum atomic E-state index is 0.173. The van der Waals surface area contributed by atoms with Crippen molar-refractivity contribution in [1.29, 1.82) is 0 Å². The average Bonchev–Trinajstić information content (AvgIpc) is 2.00. The zero-order valence-corrected chi connectivity index (χ0v) is 9.36. The monoisotopic (exact) mass is 195 g/mol. The topological polar surface area (TPSA) is 12.0 Å². The Bertz CT molecular complexity index is 276. The van der Waals surface area contributed by atoms with Crippen LogP contribution < -0.4 is 5.32 Å². The molecule has 1 nitrogen and oxygen atoms in total. The highest BCUT2D eigenvalue weighted by Crippen LogP contribution is 2.09. The van der Waals surface area contributed by atoms with Gasteiger partial charge in [-0.1, -0.05) is 12.1 Å². The molecular formula is C11H17NS. The Kier molecular flexibility index (Phi) is 3.40. The summed E-state index contributed by atoms with van der Waals surface area (Å²) in [6.45, 7) is 7.39. The van der Waals surface area contributed by atoms with Crippen molar-refractivity contribution in [2.75, 3.05) is 0 Å². The van der Waals surface area contributed by atoms with Gasteiger partial charge in [0.15, 0.2) is 0 Å². The molecular weight excluding hydrogens is 178 g/mol. The molecule has 13 heavy (non-hydrogen) atoms. The minimum absolute atomic E-state index is 0.173. The van der Waals surface area contributed by atoms with E-state index in [0.29, 0.717) is 0 Å². The zero-order valence-electron chi connectivity index (χ0n) is 8.46. The van der Waals surface area contributed by atoms with Crippen molar-refractivity contribution in [2.45, 2.75) is 37.8 Å². The van der Waals surface area contributed by atoms with Crippen LogP contribution in [-0.2, 0) is 6.54 Å². The molecule has 0 saturated heterocycles. The molecule has 2 heteroatoms. The van der Waals surface area contributed by atoms with Crippen molar-refractivity contribution in [3.05, 3.63) is 29.8 Å². The second kappa shape index (κ2) is 4.16. The number of benzene rings is 1. The lowest BCUT2D eigenvalue weighted by Crippen LogP contribution is -2.35. The van der Waals surface area contributed by atoms with Crippen molar-refractivity contribution in [3.8, 4) is 0 Å². The molecule has 1 rings (SSSR count). The van der Waals surface area contributed by atoms with Gasteiger partial charge in [0.05, 0.1) is 0 Å². The van der Waals surface area contributed by atoms with E-state index < -0.39 is 0 Å². The smallest absolute Gasteiger partial charge is 0.0210 e. The highest BCUT2D eigenvalue weighted by molar-refractivity contribution is 7.80. The van der Waals surface area contributed by atoms with E-state index in [1.165, 1.54) is 5.56 Å². The molecule has 0 amide bonds. The first-order valence-electron chi connectivity index (χ1n) is 4.50. The Balaban J connectivity index is 2.55. The van der Waals surface area contributed by atoms with E-state index in [1.807, 2.05) is 12.1 Å². The molecule has 1 N–H and O–H groups in total. The van der Waals surface area contributed by atoms with E-state index in [4.69, 9.17) is 0 Å². The first kappa shape index (κ1) is 10.6. The highest BCUT2D eigenvalue weighted by Gasteiger charge is 2.07. The van der Waals surface area contributed by atoms with Crippen molar-refractivity contribution in [3.63, 3.8) is 0 Å². The second-order valence-electron chi connectivity index (χ2n) is 4.27. The fraction of sp³-hybridized carbons (Fsp3) is 0.455. The number of thiol groups is 1. The van der Waals surface area contributed by atoms with E-state index in [1.54, 1.807) is 0 Å². The molecule has 0 aliphatic carbocycles. The molecule has 0 aromatic heterocycles. The molecule has 0 aliphatic heterocycles. The van der Waals surface area contributed by atoms with Crippen LogP contribution in [0.2, 0.25) is 0 Å². The van der Waals surface area contributed by atoms with E-state index >= 15 is 0 Å². The van der Waals surface area contributed by atoms with Gasteiger partial charge < -0.3 is 5.32 Å². The molecule has 1 aromatic carbocycles. The van der Waals surface area contributed by atoms with Crippen LogP contribution in [0.5, 0.6) is 0 Å². The number of rotatable bonds is 2. The summed E-state index contributed by atoms with van der Waals surface area (Å²) in [6.07, 6.45) is 0. The summed E-state index contributed by atoms with van der Waals surface area (Å²) in [5, 5.41) is 3.43. The summed E-state index contributed by atoms with van der Waals surface area (Å²) < 4.78 is 0. The van der Waals surface area contributed by atoms with Crippen LogP contribution in [0.25, 0.3) is 0 Å². The van der Waals surface area contributed by atoms with Crippen LogP contribution in [-0.4, -0.2) is 5.54 Å². The lowest BCUT2D eigenvalue weighted by Gasteiger charge is -2.20. The molecule has 72 valence electrons. The number of hydrogen-bond donors (Lipinski definition) is 2. The first-order chi connectivity index (χ1) is 5.97. The van der Waals surface area contributed by atoms with Crippen LogP contribution in [0, 0.1) is 0 Å². The van der Waals surface area contributed by atoms with Crippen LogP contribution in [0.4, 0.5) is 0 Å². The number of nitrogens with one attached hydrogen (secondary N) is 1. The van der Waals surface area contributed by atoms with E-state index in [-0.39, 0.29) is 5.54 Å². The van der Waals surface area contributed by atoms with Crippen molar-refractivity contribution in [1.82, 2.24) is 5.32 Å². The summed E-state index contributed by atoms with van der Waals surface area (Å²) in [5.74, 6) is 0. The van der Waals surface area contributed by atoms with Crippen LogP contribution >= 0.6 is 12.6 Å². The Morgan fingerprint density at radius 1 is 1.31 bits per heavy atom. The largest absolute Gasteiger partial charge is 0.308 e. The average molecular weight is 195 g/mol. The predicted molar refractivity (Wildman–Crippen MR) is 60.3 cm³/mol. The molecule has 0 saturated carbocycles. The van der Waals surface area contributed by atoms with Gasteiger partial charge in [0.25, 0.3) is 0 Å². The third-order valence-corrected chi connectivity index (χ3v) is 2.01. The molecule has 0 bridgehead atoms. The molecule has 0 radical (unpaired) electrons. The minimum Gasteiger partial charge on any atom is -0.308 e.